The number of likely N-dealkylation sites (tertiary alicyclic amines) is 1. The van der Waals surface area contributed by atoms with E-state index in [-0.39, 0.29) is 17.9 Å². The van der Waals surface area contributed by atoms with Crippen LogP contribution in [-0.4, -0.2) is 37.6 Å². The maximum Gasteiger partial charge on any atom is 0.222 e. The van der Waals surface area contributed by atoms with Crippen LogP contribution in [0.3, 0.4) is 0 Å². The topological polar surface area (TPSA) is 41.6 Å². The van der Waals surface area contributed by atoms with Crippen molar-refractivity contribution in [1.29, 1.82) is 0 Å². The smallest absolute Gasteiger partial charge is 0.222 e. The Bertz CT molecular complexity index is 464. The van der Waals surface area contributed by atoms with Gasteiger partial charge < -0.3 is 10.1 Å². The summed E-state index contributed by atoms with van der Waals surface area (Å²) in [6.07, 6.45) is 3.79. The minimum atomic E-state index is 0.0258. The van der Waals surface area contributed by atoms with Crippen LogP contribution in [0.25, 0.3) is 0 Å². The molecule has 4 nitrogen and oxygen atoms in total. The number of nitrogens with zero attached hydrogens (tertiary/aromatic N) is 1. The van der Waals surface area contributed by atoms with E-state index in [2.05, 4.69) is 22.3 Å². The summed E-state index contributed by atoms with van der Waals surface area (Å²) in [6.45, 7) is 6.74. The Hall–Kier alpha value is -1.55. The first-order valence-electron chi connectivity index (χ1n) is 8.27. The fourth-order valence-electron chi connectivity index (χ4n) is 2.92. The molecule has 0 bridgehead atoms. The van der Waals surface area contributed by atoms with Crippen LogP contribution in [0.4, 0.5) is 0 Å². The SMILES string of the molecule is COc1ccc([C@@H](CNC(=O)C(C)C)N2CCCCC2)cc1. The van der Waals surface area contributed by atoms with E-state index in [1.807, 2.05) is 26.0 Å². The van der Waals surface area contributed by atoms with Gasteiger partial charge in [0.1, 0.15) is 5.75 Å². The number of amides is 1. The fourth-order valence-corrected chi connectivity index (χ4v) is 2.92. The number of carbonyl (C=O) groups is 1. The van der Waals surface area contributed by atoms with Crippen molar-refractivity contribution in [3.05, 3.63) is 29.8 Å². The highest BCUT2D eigenvalue weighted by Gasteiger charge is 2.23. The lowest BCUT2D eigenvalue weighted by atomic mass is 10.0. The van der Waals surface area contributed by atoms with Crippen molar-refractivity contribution in [3.63, 3.8) is 0 Å². The van der Waals surface area contributed by atoms with Gasteiger partial charge in [0.15, 0.2) is 0 Å². The van der Waals surface area contributed by atoms with Gasteiger partial charge in [-0.25, -0.2) is 0 Å². The second-order valence-electron chi connectivity index (χ2n) is 6.29. The van der Waals surface area contributed by atoms with Gasteiger partial charge >= 0.3 is 0 Å². The van der Waals surface area contributed by atoms with Crippen molar-refractivity contribution in [2.24, 2.45) is 5.92 Å². The number of hydrogen-bond donors (Lipinski definition) is 1. The molecule has 4 heteroatoms. The molecule has 1 aliphatic heterocycles. The Labute approximate surface area is 133 Å². The molecule has 0 saturated carbocycles. The van der Waals surface area contributed by atoms with Gasteiger partial charge in [0, 0.05) is 12.5 Å². The molecule has 0 aromatic heterocycles. The number of ether oxygens (including phenoxy) is 1. The van der Waals surface area contributed by atoms with Gasteiger partial charge in [-0.2, -0.15) is 0 Å². The molecular weight excluding hydrogens is 276 g/mol. The van der Waals surface area contributed by atoms with Crippen molar-refractivity contribution < 1.29 is 9.53 Å². The number of methoxy groups -OCH3 is 1. The number of rotatable bonds is 6. The van der Waals surface area contributed by atoms with Gasteiger partial charge in [0.05, 0.1) is 13.2 Å². The van der Waals surface area contributed by atoms with Gasteiger partial charge in [0.25, 0.3) is 0 Å². The van der Waals surface area contributed by atoms with Crippen molar-refractivity contribution in [3.8, 4) is 5.75 Å². The maximum absolute atomic E-state index is 11.9. The molecule has 1 aromatic carbocycles. The third-order valence-electron chi connectivity index (χ3n) is 4.33. The molecule has 1 saturated heterocycles. The molecule has 1 N–H and O–H groups in total. The molecule has 0 unspecified atom stereocenters. The van der Waals surface area contributed by atoms with E-state index in [9.17, 15) is 4.79 Å². The van der Waals surface area contributed by atoms with Crippen molar-refractivity contribution in [1.82, 2.24) is 10.2 Å². The molecular formula is C18H28N2O2. The van der Waals surface area contributed by atoms with E-state index in [1.54, 1.807) is 7.11 Å². The van der Waals surface area contributed by atoms with Crippen molar-refractivity contribution in [2.45, 2.75) is 39.2 Å². The Balaban J connectivity index is 2.10. The molecule has 0 radical (unpaired) electrons. The quantitative estimate of drug-likeness (QED) is 0.878. The molecule has 122 valence electrons. The number of carbonyl (C=O) groups excluding carboxylic acids is 1. The Kier molecular flexibility index (Phi) is 6.25. The lowest BCUT2D eigenvalue weighted by molar-refractivity contribution is -0.124. The highest BCUT2D eigenvalue weighted by molar-refractivity contribution is 5.77. The third kappa shape index (κ3) is 4.47. The summed E-state index contributed by atoms with van der Waals surface area (Å²) in [7, 11) is 1.68. The summed E-state index contributed by atoms with van der Waals surface area (Å²) in [5.41, 5.74) is 1.24. The average molecular weight is 304 g/mol. The maximum atomic E-state index is 11.9. The largest absolute Gasteiger partial charge is 0.497 e. The van der Waals surface area contributed by atoms with Crippen molar-refractivity contribution in [2.75, 3.05) is 26.7 Å². The zero-order valence-electron chi connectivity index (χ0n) is 14.0. The molecule has 22 heavy (non-hydrogen) atoms. The van der Waals surface area contributed by atoms with Crippen LogP contribution in [0, 0.1) is 5.92 Å². The van der Waals surface area contributed by atoms with E-state index >= 15 is 0 Å². The van der Waals surface area contributed by atoms with Gasteiger partial charge in [-0.3, -0.25) is 9.69 Å². The van der Waals surface area contributed by atoms with Crippen LogP contribution in [0.2, 0.25) is 0 Å². The first-order valence-corrected chi connectivity index (χ1v) is 8.27. The molecule has 1 aliphatic rings. The van der Waals surface area contributed by atoms with Gasteiger partial charge in [-0.15, -0.1) is 0 Å². The van der Waals surface area contributed by atoms with E-state index < -0.39 is 0 Å². The zero-order chi connectivity index (χ0) is 15.9. The Morgan fingerprint density at radius 1 is 1.18 bits per heavy atom. The number of nitrogens with one attached hydrogen (secondary N) is 1. The monoisotopic (exact) mass is 304 g/mol. The molecule has 0 spiro atoms. The summed E-state index contributed by atoms with van der Waals surface area (Å²) >= 11 is 0. The van der Waals surface area contributed by atoms with Crippen LogP contribution in [0.5, 0.6) is 5.75 Å². The first-order chi connectivity index (χ1) is 10.6. The Morgan fingerprint density at radius 2 is 1.82 bits per heavy atom. The number of benzene rings is 1. The van der Waals surface area contributed by atoms with Crippen LogP contribution in [0.1, 0.15) is 44.7 Å². The molecule has 0 aliphatic carbocycles. The Morgan fingerprint density at radius 3 is 2.36 bits per heavy atom. The molecule has 1 atom stereocenters. The summed E-state index contributed by atoms with van der Waals surface area (Å²) in [5, 5.41) is 3.09. The third-order valence-corrected chi connectivity index (χ3v) is 4.33. The lowest BCUT2D eigenvalue weighted by Gasteiger charge is -2.35. The number of piperidine rings is 1. The summed E-state index contributed by atoms with van der Waals surface area (Å²) in [4.78, 5) is 14.4. The molecule has 1 aromatic rings. The summed E-state index contributed by atoms with van der Waals surface area (Å²) in [6, 6.07) is 8.46. The molecule has 2 rings (SSSR count). The highest BCUT2D eigenvalue weighted by atomic mass is 16.5. The van der Waals surface area contributed by atoms with Crippen LogP contribution in [-0.2, 0) is 4.79 Å². The normalized spacial score (nSPS) is 17.3. The summed E-state index contributed by atoms with van der Waals surface area (Å²) < 4.78 is 5.24. The van der Waals surface area contributed by atoms with E-state index in [0.717, 1.165) is 18.8 Å². The van der Waals surface area contributed by atoms with Crippen LogP contribution >= 0.6 is 0 Å². The van der Waals surface area contributed by atoms with Crippen LogP contribution < -0.4 is 10.1 Å². The second kappa shape index (κ2) is 8.18. The lowest BCUT2D eigenvalue weighted by Crippen LogP contribution is -2.41. The standard InChI is InChI=1S/C18H28N2O2/c1-14(2)18(21)19-13-17(20-11-5-4-6-12-20)15-7-9-16(22-3)10-8-15/h7-10,14,17H,4-6,11-13H2,1-3H3,(H,19,21)/t17-/m1/s1. The zero-order valence-corrected chi connectivity index (χ0v) is 14.0. The average Bonchev–Trinajstić information content (AvgIpc) is 2.56. The minimum Gasteiger partial charge on any atom is -0.497 e. The van der Waals surface area contributed by atoms with Crippen LogP contribution in [0.15, 0.2) is 24.3 Å². The predicted octanol–water partition coefficient (Wildman–Crippen LogP) is 2.99. The molecule has 1 heterocycles. The summed E-state index contributed by atoms with van der Waals surface area (Å²) in [5.74, 6) is 1.01. The van der Waals surface area contributed by atoms with Gasteiger partial charge in [-0.1, -0.05) is 32.4 Å². The second-order valence-corrected chi connectivity index (χ2v) is 6.29. The predicted molar refractivity (Wildman–Crippen MR) is 89.0 cm³/mol. The molecule has 1 fully saturated rings. The van der Waals surface area contributed by atoms with Gasteiger partial charge in [-0.05, 0) is 43.6 Å². The van der Waals surface area contributed by atoms with Crippen molar-refractivity contribution >= 4 is 5.91 Å². The van der Waals surface area contributed by atoms with E-state index in [0.29, 0.717) is 6.54 Å². The number of hydrogen-bond acceptors (Lipinski definition) is 3. The minimum absolute atomic E-state index is 0.0258. The van der Waals surface area contributed by atoms with Gasteiger partial charge in [0.2, 0.25) is 5.91 Å². The van der Waals surface area contributed by atoms with E-state index in [1.165, 1.54) is 24.8 Å². The van der Waals surface area contributed by atoms with E-state index in [4.69, 9.17) is 4.74 Å². The first kappa shape index (κ1) is 16.8. The highest BCUT2D eigenvalue weighted by Crippen LogP contribution is 2.25. The molecule has 1 amide bonds. The fraction of sp³-hybridized carbons (Fsp3) is 0.611.